The fourth-order valence-corrected chi connectivity index (χ4v) is 2.43. The van der Waals surface area contributed by atoms with Crippen molar-refractivity contribution in [1.82, 2.24) is 4.90 Å². The van der Waals surface area contributed by atoms with E-state index in [-0.39, 0.29) is 17.6 Å². The van der Waals surface area contributed by atoms with Crippen LogP contribution in [0.1, 0.15) is 28.8 Å². The molecule has 2 rings (SSSR count). The van der Waals surface area contributed by atoms with Gasteiger partial charge in [0.15, 0.2) is 0 Å². The highest BCUT2D eigenvalue weighted by molar-refractivity contribution is 5.98. The monoisotopic (exact) mass is 263 g/mol. The topological polar surface area (TPSA) is 66.8 Å². The van der Waals surface area contributed by atoms with Crippen molar-refractivity contribution in [3.8, 4) is 5.75 Å². The molecule has 0 aliphatic carbocycles. The summed E-state index contributed by atoms with van der Waals surface area (Å²) >= 11 is 0. The van der Waals surface area contributed by atoms with Crippen LogP contribution in [0, 0.1) is 6.92 Å². The third-order valence-electron chi connectivity index (χ3n) is 3.43. The second-order valence-electron chi connectivity index (χ2n) is 4.68. The summed E-state index contributed by atoms with van der Waals surface area (Å²) in [7, 11) is 1.33. The number of ether oxygens (including phenoxy) is 1. The Kier molecular flexibility index (Phi) is 3.74. The third kappa shape index (κ3) is 2.54. The minimum absolute atomic E-state index is 0.125. The number of phenolic OH excluding ortho intramolecular Hbond substituents is 1. The molecule has 1 amide bonds. The first-order chi connectivity index (χ1) is 9.04. The molecule has 1 N–H and O–H groups in total. The summed E-state index contributed by atoms with van der Waals surface area (Å²) in [6.45, 7) is 2.31. The highest BCUT2D eigenvalue weighted by atomic mass is 16.5. The Balaban J connectivity index is 2.25. The van der Waals surface area contributed by atoms with Gasteiger partial charge in [-0.2, -0.15) is 0 Å². The molecule has 0 saturated carbocycles. The molecular formula is C14H17NO4. The van der Waals surface area contributed by atoms with Gasteiger partial charge in [-0.15, -0.1) is 0 Å². The van der Waals surface area contributed by atoms with Crippen LogP contribution in [-0.2, 0) is 9.53 Å². The third-order valence-corrected chi connectivity index (χ3v) is 3.43. The van der Waals surface area contributed by atoms with Crippen LogP contribution in [0.5, 0.6) is 5.75 Å². The largest absolute Gasteiger partial charge is 0.508 e. The van der Waals surface area contributed by atoms with Crippen LogP contribution < -0.4 is 0 Å². The Morgan fingerprint density at radius 1 is 1.42 bits per heavy atom. The van der Waals surface area contributed by atoms with Crippen LogP contribution in [0.3, 0.4) is 0 Å². The molecule has 1 atom stereocenters. The lowest BCUT2D eigenvalue weighted by Crippen LogP contribution is -2.41. The van der Waals surface area contributed by atoms with Gasteiger partial charge in [-0.05, 0) is 43.5 Å². The number of carbonyl (C=O) groups is 2. The van der Waals surface area contributed by atoms with E-state index >= 15 is 0 Å². The first-order valence-electron chi connectivity index (χ1n) is 6.23. The lowest BCUT2D eigenvalue weighted by molar-refractivity contribution is -0.145. The fraction of sp³-hybridized carbons (Fsp3) is 0.429. The van der Waals surface area contributed by atoms with E-state index in [1.807, 2.05) is 0 Å². The summed E-state index contributed by atoms with van der Waals surface area (Å²) < 4.78 is 4.73. The zero-order valence-corrected chi connectivity index (χ0v) is 11.0. The summed E-state index contributed by atoms with van der Waals surface area (Å²) in [5.41, 5.74) is 1.20. The van der Waals surface area contributed by atoms with Crippen molar-refractivity contribution in [3.63, 3.8) is 0 Å². The van der Waals surface area contributed by atoms with Gasteiger partial charge in [-0.25, -0.2) is 4.79 Å². The first-order valence-corrected chi connectivity index (χ1v) is 6.23. The van der Waals surface area contributed by atoms with Gasteiger partial charge in [-0.1, -0.05) is 0 Å². The predicted molar refractivity (Wildman–Crippen MR) is 68.9 cm³/mol. The molecule has 19 heavy (non-hydrogen) atoms. The van der Waals surface area contributed by atoms with E-state index in [1.54, 1.807) is 17.9 Å². The normalized spacial score (nSPS) is 18.4. The lowest BCUT2D eigenvalue weighted by atomic mass is 10.1. The Labute approximate surface area is 111 Å². The van der Waals surface area contributed by atoms with E-state index in [2.05, 4.69) is 0 Å². The predicted octanol–water partition coefficient (Wildman–Crippen LogP) is 1.48. The Morgan fingerprint density at radius 2 is 2.16 bits per heavy atom. The van der Waals surface area contributed by atoms with Crippen LogP contribution in [0.4, 0.5) is 0 Å². The van der Waals surface area contributed by atoms with Crippen LogP contribution in [0.2, 0.25) is 0 Å². The highest BCUT2D eigenvalue weighted by Gasteiger charge is 2.35. The van der Waals surface area contributed by atoms with Gasteiger partial charge in [0.2, 0.25) is 0 Å². The van der Waals surface area contributed by atoms with Gasteiger partial charge >= 0.3 is 5.97 Å². The molecule has 1 aromatic rings. The van der Waals surface area contributed by atoms with E-state index in [0.29, 0.717) is 24.1 Å². The summed E-state index contributed by atoms with van der Waals surface area (Å²) in [6.07, 6.45) is 1.43. The van der Waals surface area contributed by atoms with Crippen LogP contribution >= 0.6 is 0 Å². The van der Waals surface area contributed by atoms with Gasteiger partial charge < -0.3 is 14.7 Å². The number of benzene rings is 1. The first kappa shape index (κ1) is 13.4. The maximum absolute atomic E-state index is 12.4. The number of rotatable bonds is 2. The molecule has 5 nitrogen and oxygen atoms in total. The Bertz CT molecular complexity index is 512. The number of esters is 1. The fourth-order valence-electron chi connectivity index (χ4n) is 2.43. The van der Waals surface area contributed by atoms with E-state index in [0.717, 1.165) is 6.42 Å². The number of phenols is 1. The number of hydrogen-bond donors (Lipinski definition) is 1. The maximum atomic E-state index is 12.4. The van der Waals surface area contributed by atoms with Crippen LogP contribution in [-0.4, -0.2) is 41.6 Å². The smallest absolute Gasteiger partial charge is 0.328 e. The van der Waals surface area contributed by atoms with Gasteiger partial charge in [-0.3, -0.25) is 4.79 Å². The maximum Gasteiger partial charge on any atom is 0.328 e. The van der Waals surface area contributed by atoms with Crippen molar-refractivity contribution in [1.29, 1.82) is 0 Å². The van der Waals surface area contributed by atoms with Crippen molar-refractivity contribution in [2.24, 2.45) is 0 Å². The number of methoxy groups -OCH3 is 1. The molecule has 1 unspecified atom stereocenters. The van der Waals surface area contributed by atoms with Crippen LogP contribution in [0.25, 0.3) is 0 Å². The second kappa shape index (κ2) is 5.30. The molecule has 1 aliphatic heterocycles. The standard InChI is InChI=1S/C14H17NO4/c1-9-8-10(16)5-6-11(9)13(17)15-7-3-4-12(15)14(18)19-2/h5-6,8,12,16H,3-4,7H2,1-2H3. The number of carbonyl (C=O) groups excluding carboxylic acids is 2. The molecule has 1 aliphatic rings. The SMILES string of the molecule is COC(=O)C1CCCN1C(=O)c1ccc(O)cc1C. The quantitative estimate of drug-likeness (QED) is 0.821. The average Bonchev–Trinajstić information content (AvgIpc) is 2.86. The number of aryl methyl sites for hydroxylation is 1. The number of likely N-dealkylation sites (tertiary alicyclic amines) is 1. The molecule has 0 radical (unpaired) electrons. The number of hydrogen-bond acceptors (Lipinski definition) is 4. The molecular weight excluding hydrogens is 246 g/mol. The molecule has 1 fully saturated rings. The molecule has 5 heteroatoms. The minimum atomic E-state index is -0.495. The van der Waals surface area contributed by atoms with E-state index < -0.39 is 6.04 Å². The lowest BCUT2D eigenvalue weighted by Gasteiger charge is -2.23. The molecule has 1 heterocycles. The zero-order chi connectivity index (χ0) is 14.0. The number of aromatic hydroxyl groups is 1. The molecule has 102 valence electrons. The summed E-state index contributed by atoms with van der Waals surface area (Å²) in [5.74, 6) is -0.437. The molecule has 1 saturated heterocycles. The minimum Gasteiger partial charge on any atom is -0.508 e. The van der Waals surface area contributed by atoms with Crippen molar-refractivity contribution in [2.75, 3.05) is 13.7 Å². The van der Waals surface area contributed by atoms with Crippen molar-refractivity contribution < 1.29 is 19.4 Å². The van der Waals surface area contributed by atoms with E-state index in [1.165, 1.54) is 19.2 Å². The summed E-state index contributed by atoms with van der Waals surface area (Å²) in [5, 5.41) is 9.36. The van der Waals surface area contributed by atoms with Gasteiger partial charge in [0, 0.05) is 12.1 Å². The molecule has 0 bridgehead atoms. The average molecular weight is 263 g/mol. The Hall–Kier alpha value is -2.04. The van der Waals surface area contributed by atoms with E-state index in [4.69, 9.17) is 4.74 Å². The molecule has 1 aromatic carbocycles. The molecule has 0 spiro atoms. The number of amides is 1. The van der Waals surface area contributed by atoms with E-state index in [9.17, 15) is 14.7 Å². The number of nitrogens with zero attached hydrogens (tertiary/aromatic N) is 1. The van der Waals surface area contributed by atoms with Gasteiger partial charge in [0.1, 0.15) is 11.8 Å². The zero-order valence-electron chi connectivity index (χ0n) is 11.0. The van der Waals surface area contributed by atoms with Gasteiger partial charge in [0.25, 0.3) is 5.91 Å². The van der Waals surface area contributed by atoms with Gasteiger partial charge in [0.05, 0.1) is 7.11 Å². The van der Waals surface area contributed by atoms with Crippen molar-refractivity contribution in [2.45, 2.75) is 25.8 Å². The second-order valence-corrected chi connectivity index (χ2v) is 4.68. The molecule has 0 aromatic heterocycles. The summed E-state index contributed by atoms with van der Waals surface area (Å²) in [4.78, 5) is 25.6. The highest BCUT2D eigenvalue weighted by Crippen LogP contribution is 2.24. The van der Waals surface area contributed by atoms with Crippen molar-refractivity contribution in [3.05, 3.63) is 29.3 Å². The summed E-state index contributed by atoms with van der Waals surface area (Å²) in [6, 6.07) is 4.10. The van der Waals surface area contributed by atoms with Crippen molar-refractivity contribution >= 4 is 11.9 Å². The van der Waals surface area contributed by atoms with Crippen LogP contribution in [0.15, 0.2) is 18.2 Å². The Morgan fingerprint density at radius 3 is 2.79 bits per heavy atom.